The first-order chi connectivity index (χ1) is 8.21. The van der Waals surface area contributed by atoms with E-state index in [9.17, 15) is 13.5 Å². The zero-order valence-electron chi connectivity index (χ0n) is 11.5. The van der Waals surface area contributed by atoms with E-state index in [1.165, 1.54) is 4.31 Å². The highest BCUT2D eigenvalue weighted by Gasteiger charge is 2.41. The van der Waals surface area contributed by atoms with Crippen LogP contribution in [0.2, 0.25) is 0 Å². The van der Waals surface area contributed by atoms with Gasteiger partial charge in [0.25, 0.3) is 10.2 Å². The Hall–Kier alpha value is -0.170. The smallest absolute Gasteiger partial charge is 0.282 e. The molecule has 5 nitrogen and oxygen atoms in total. The molecule has 0 amide bonds. The Morgan fingerprint density at radius 2 is 1.72 bits per heavy atom. The second kappa shape index (κ2) is 4.74. The average molecular weight is 276 g/mol. The van der Waals surface area contributed by atoms with Gasteiger partial charge in [-0.05, 0) is 31.6 Å². The molecule has 2 aliphatic rings. The first-order valence-corrected chi connectivity index (χ1v) is 8.08. The number of piperidine rings is 1. The van der Waals surface area contributed by atoms with E-state index in [0.717, 1.165) is 6.42 Å². The highest BCUT2D eigenvalue weighted by atomic mass is 32.2. The van der Waals surface area contributed by atoms with E-state index in [2.05, 4.69) is 13.8 Å². The van der Waals surface area contributed by atoms with Crippen molar-refractivity contribution >= 4 is 10.2 Å². The quantitative estimate of drug-likeness (QED) is 0.806. The molecule has 0 spiro atoms. The summed E-state index contributed by atoms with van der Waals surface area (Å²) in [5.41, 5.74) is -0.875. The summed E-state index contributed by atoms with van der Waals surface area (Å²) in [5.74, 6) is 0.818. The van der Waals surface area contributed by atoms with Gasteiger partial charge in [0.1, 0.15) is 0 Å². The van der Waals surface area contributed by atoms with Crippen LogP contribution >= 0.6 is 0 Å². The highest BCUT2D eigenvalue weighted by Crippen LogP contribution is 2.28. The Bertz CT molecular complexity index is 398. The molecule has 2 saturated heterocycles. The molecule has 2 heterocycles. The van der Waals surface area contributed by atoms with E-state index in [1.807, 2.05) is 0 Å². The summed E-state index contributed by atoms with van der Waals surface area (Å²) in [4.78, 5) is 0. The van der Waals surface area contributed by atoms with Crippen LogP contribution in [0.5, 0.6) is 0 Å². The van der Waals surface area contributed by atoms with Crippen LogP contribution in [0.4, 0.5) is 0 Å². The van der Waals surface area contributed by atoms with Gasteiger partial charge in [0, 0.05) is 26.2 Å². The van der Waals surface area contributed by atoms with Crippen LogP contribution in [-0.4, -0.2) is 53.9 Å². The molecule has 0 aromatic carbocycles. The van der Waals surface area contributed by atoms with Crippen molar-refractivity contribution in [3.8, 4) is 0 Å². The van der Waals surface area contributed by atoms with Gasteiger partial charge in [-0.15, -0.1) is 0 Å². The van der Waals surface area contributed by atoms with Crippen molar-refractivity contribution in [3.63, 3.8) is 0 Å². The lowest BCUT2D eigenvalue weighted by Crippen LogP contribution is -2.49. The lowest BCUT2D eigenvalue weighted by molar-refractivity contribution is 0.0753. The fourth-order valence-electron chi connectivity index (χ4n) is 3.06. The SMILES string of the molecule is CC1CC(C)CN(S(=O)(=O)N2CCC(C)(O)C2)C1. The van der Waals surface area contributed by atoms with E-state index in [-0.39, 0.29) is 6.54 Å². The second-order valence-corrected chi connectivity index (χ2v) is 8.28. The van der Waals surface area contributed by atoms with Crippen LogP contribution in [0.15, 0.2) is 0 Å². The molecular formula is C12H24N2O3S. The molecule has 6 heteroatoms. The molecule has 1 N–H and O–H groups in total. The molecule has 2 aliphatic heterocycles. The fraction of sp³-hybridized carbons (Fsp3) is 1.00. The van der Waals surface area contributed by atoms with E-state index in [0.29, 0.717) is 37.9 Å². The van der Waals surface area contributed by atoms with Crippen molar-refractivity contribution in [2.75, 3.05) is 26.2 Å². The Kier molecular flexibility index (Phi) is 3.75. The van der Waals surface area contributed by atoms with Crippen molar-refractivity contribution in [1.82, 2.24) is 8.61 Å². The van der Waals surface area contributed by atoms with E-state index < -0.39 is 15.8 Å². The maximum Gasteiger partial charge on any atom is 0.282 e. The van der Waals surface area contributed by atoms with Crippen molar-refractivity contribution in [2.24, 2.45) is 11.8 Å². The third-order valence-corrected chi connectivity index (χ3v) is 5.82. The van der Waals surface area contributed by atoms with Gasteiger partial charge < -0.3 is 5.11 Å². The summed E-state index contributed by atoms with van der Waals surface area (Å²) in [5, 5.41) is 9.91. The van der Waals surface area contributed by atoms with Gasteiger partial charge in [-0.1, -0.05) is 13.8 Å². The largest absolute Gasteiger partial charge is 0.389 e. The number of hydrogen-bond acceptors (Lipinski definition) is 3. The van der Waals surface area contributed by atoms with Crippen LogP contribution in [0, 0.1) is 11.8 Å². The van der Waals surface area contributed by atoms with Crippen molar-refractivity contribution < 1.29 is 13.5 Å². The van der Waals surface area contributed by atoms with Crippen LogP contribution in [0.3, 0.4) is 0 Å². The summed E-state index contributed by atoms with van der Waals surface area (Å²) in [6, 6.07) is 0. The van der Waals surface area contributed by atoms with Crippen LogP contribution in [0.25, 0.3) is 0 Å². The third kappa shape index (κ3) is 2.87. The van der Waals surface area contributed by atoms with Gasteiger partial charge in [-0.3, -0.25) is 0 Å². The van der Waals surface area contributed by atoms with E-state index >= 15 is 0 Å². The molecule has 0 aliphatic carbocycles. The number of nitrogens with zero attached hydrogens (tertiary/aromatic N) is 2. The summed E-state index contributed by atoms with van der Waals surface area (Å²) < 4.78 is 28.0. The molecule has 2 rings (SSSR count). The first-order valence-electron chi connectivity index (χ1n) is 6.68. The highest BCUT2D eigenvalue weighted by molar-refractivity contribution is 7.86. The minimum Gasteiger partial charge on any atom is -0.389 e. The Labute approximate surface area is 110 Å². The van der Waals surface area contributed by atoms with Crippen LogP contribution in [0.1, 0.15) is 33.6 Å². The van der Waals surface area contributed by atoms with Crippen molar-refractivity contribution in [2.45, 2.75) is 39.2 Å². The third-order valence-electron chi connectivity index (χ3n) is 3.90. The molecule has 0 aromatic rings. The summed E-state index contributed by atoms with van der Waals surface area (Å²) in [6.45, 7) is 7.74. The fourth-order valence-corrected chi connectivity index (χ4v) is 5.03. The monoisotopic (exact) mass is 276 g/mol. The maximum absolute atomic E-state index is 12.5. The summed E-state index contributed by atoms with van der Waals surface area (Å²) in [7, 11) is -3.39. The lowest BCUT2D eigenvalue weighted by Gasteiger charge is -2.36. The van der Waals surface area contributed by atoms with Gasteiger partial charge in [-0.2, -0.15) is 17.0 Å². The molecule has 0 bridgehead atoms. The predicted molar refractivity (Wildman–Crippen MR) is 70.3 cm³/mol. The number of rotatable bonds is 2. The molecule has 3 unspecified atom stereocenters. The second-order valence-electron chi connectivity index (χ2n) is 6.35. The van der Waals surface area contributed by atoms with Gasteiger partial charge in [0.15, 0.2) is 0 Å². The summed E-state index contributed by atoms with van der Waals surface area (Å²) in [6.07, 6.45) is 1.61. The standard InChI is InChI=1S/C12H24N2O3S/c1-10-6-11(2)8-14(7-10)18(16,17)13-5-4-12(3,15)9-13/h10-11,15H,4-9H2,1-3H3. The minimum absolute atomic E-state index is 0.217. The summed E-state index contributed by atoms with van der Waals surface area (Å²) >= 11 is 0. The number of aliphatic hydroxyl groups is 1. The zero-order valence-corrected chi connectivity index (χ0v) is 12.3. The van der Waals surface area contributed by atoms with Crippen LogP contribution in [-0.2, 0) is 10.2 Å². The lowest BCUT2D eigenvalue weighted by atomic mass is 9.94. The van der Waals surface area contributed by atoms with Crippen molar-refractivity contribution in [1.29, 1.82) is 0 Å². The van der Waals surface area contributed by atoms with Gasteiger partial charge in [0.2, 0.25) is 0 Å². The molecule has 0 aromatic heterocycles. The first kappa shape index (κ1) is 14.2. The van der Waals surface area contributed by atoms with E-state index in [4.69, 9.17) is 0 Å². The van der Waals surface area contributed by atoms with Gasteiger partial charge in [-0.25, -0.2) is 0 Å². The van der Waals surface area contributed by atoms with Crippen LogP contribution < -0.4 is 0 Å². The maximum atomic E-state index is 12.5. The van der Waals surface area contributed by atoms with Gasteiger partial charge >= 0.3 is 0 Å². The molecular weight excluding hydrogens is 252 g/mol. The topological polar surface area (TPSA) is 60.9 Å². The Balaban J connectivity index is 2.11. The van der Waals surface area contributed by atoms with Crippen molar-refractivity contribution in [3.05, 3.63) is 0 Å². The zero-order chi connectivity index (χ0) is 13.6. The molecule has 0 radical (unpaired) electrons. The Morgan fingerprint density at radius 1 is 1.17 bits per heavy atom. The molecule has 0 saturated carbocycles. The molecule has 3 atom stereocenters. The molecule has 2 fully saturated rings. The minimum atomic E-state index is -3.39. The molecule has 18 heavy (non-hydrogen) atoms. The van der Waals surface area contributed by atoms with E-state index in [1.54, 1.807) is 11.2 Å². The Morgan fingerprint density at radius 3 is 2.17 bits per heavy atom. The number of β-amino-alcohol motifs (C(OH)–C–C–N with tert-alkyl or cyclic N) is 1. The average Bonchev–Trinajstić information content (AvgIpc) is 2.58. The number of hydrogen-bond donors (Lipinski definition) is 1. The van der Waals surface area contributed by atoms with Gasteiger partial charge in [0.05, 0.1) is 5.60 Å². The predicted octanol–water partition coefficient (Wildman–Crippen LogP) is 0.666. The normalized spacial score (nSPS) is 40.2. The molecule has 106 valence electrons.